The molecular formula is C14H9Cl2NOS. The van der Waals surface area contributed by atoms with Gasteiger partial charge in [-0.1, -0.05) is 23.2 Å². The number of ether oxygens (including phenoxy) is 1. The average molecular weight is 310 g/mol. The highest BCUT2D eigenvalue weighted by atomic mass is 35.5. The van der Waals surface area contributed by atoms with E-state index >= 15 is 0 Å². The first-order valence-corrected chi connectivity index (χ1v) is 7.33. The molecule has 0 atom stereocenters. The predicted molar refractivity (Wildman–Crippen MR) is 79.5 cm³/mol. The van der Waals surface area contributed by atoms with Crippen LogP contribution in [0.5, 0.6) is 11.5 Å². The molecule has 0 bridgehead atoms. The summed E-state index contributed by atoms with van der Waals surface area (Å²) < 4.78 is 5.69. The summed E-state index contributed by atoms with van der Waals surface area (Å²) in [4.78, 5) is 0.866. The maximum absolute atomic E-state index is 8.96. The van der Waals surface area contributed by atoms with Crippen molar-refractivity contribution >= 4 is 35.0 Å². The number of halogens is 2. The summed E-state index contributed by atoms with van der Waals surface area (Å²) in [5.74, 6) is 1.16. The van der Waals surface area contributed by atoms with E-state index in [1.807, 2.05) is 12.3 Å². The van der Waals surface area contributed by atoms with Crippen LogP contribution in [0.2, 0.25) is 10.0 Å². The van der Waals surface area contributed by atoms with Gasteiger partial charge in [0.25, 0.3) is 0 Å². The van der Waals surface area contributed by atoms with E-state index in [1.165, 1.54) is 11.8 Å². The molecule has 0 heterocycles. The van der Waals surface area contributed by atoms with Gasteiger partial charge in [0.1, 0.15) is 17.6 Å². The molecule has 2 rings (SSSR count). The van der Waals surface area contributed by atoms with Crippen LogP contribution < -0.4 is 4.74 Å². The molecule has 0 saturated carbocycles. The van der Waals surface area contributed by atoms with Crippen molar-refractivity contribution in [1.29, 1.82) is 5.26 Å². The molecule has 0 fully saturated rings. The number of hydrogen-bond donors (Lipinski definition) is 0. The Morgan fingerprint density at radius 1 is 1.16 bits per heavy atom. The summed E-state index contributed by atoms with van der Waals surface area (Å²) in [6.45, 7) is 0. The van der Waals surface area contributed by atoms with Crippen molar-refractivity contribution < 1.29 is 4.74 Å². The van der Waals surface area contributed by atoms with Gasteiger partial charge in [-0.15, -0.1) is 11.8 Å². The molecule has 2 aromatic rings. The van der Waals surface area contributed by atoms with Crippen molar-refractivity contribution in [3.8, 4) is 17.6 Å². The van der Waals surface area contributed by atoms with Crippen molar-refractivity contribution in [3.05, 3.63) is 52.0 Å². The van der Waals surface area contributed by atoms with Crippen LogP contribution in [0.3, 0.4) is 0 Å². The van der Waals surface area contributed by atoms with Gasteiger partial charge in [0.15, 0.2) is 0 Å². The van der Waals surface area contributed by atoms with Crippen molar-refractivity contribution in [2.24, 2.45) is 0 Å². The van der Waals surface area contributed by atoms with E-state index in [0.29, 0.717) is 27.1 Å². The van der Waals surface area contributed by atoms with Gasteiger partial charge in [-0.2, -0.15) is 5.26 Å². The fraction of sp³-hybridized carbons (Fsp3) is 0.0714. The Kier molecular flexibility index (Phi) is 4.60. The monoisotopic (exact) mass is 309 g/mol. The fourth-order valence-electron chi connectivity index (χ4n) is 1.51. The highest BCUT2D eigenvalue weighted by Crippen LogP contribution is 2.33. The summed E-state index contributed by atoms with van der Waals surface area (Å²) in [5, 5.41) is 9.97. The molecule has 5 heteroatoms. The molecule has 96 valence electrons. The van der Waals surface area contributed by atoms with Crippen LogP contribution in [-0.2, 0) is 0 Å². The van der Waals surface area contributed by atoms with Gasteiger partial charge in [0.2, 0.25) is 0 Å². The van der Waals surface area contributed by atoms with Gasteiger partial charge >= 0.3 is 0 Å². The highest BCUT2D eigenvalue weighted by Gasteiger charge is 2.07. The minimum absolute atomic E-state index is 0.447. The summed E-state index contributed by atoms with van der Waals surface area (Å²) in [5.41, 5.74) is 0.627. The van der Waals surface area contributed by atoms with E-state index in [2.05, 4.69) is 6.07 Å². The zero-order chi connectivity index (χ0) is 13.8. The first-order valence-electron chi connectivity index (χ1n) is 5.35. The first kappa shape index (κ1) is 14.1. The summed E-state index contributed by atoms with van der Waals surface area (Å²) >= 11 is 13.4. The Labute approximate surface area is 125 Å². The van der Waals surface area contributed by atoms with Crippen molar-refractivity contribution in [1.82, 2.24) is 0 Å². The molecule has 0 unspecified atom stereocenters. The highest BCUT2D eigenvalue weighted by molar-refractivity contribution is 7.98. The Bertz CT molecular complexity index is 652. The lowest BCUT2D eigenvalue weighted by atomic mass is 10.2. The van der Waals surface area contributed by atoms with Crippen LogP contribution in [-0.4, -0.2) is 6.26 Å². The largest absolute Gasteiger partial charge is 0.456 e. The number of hydrogen-bond acceptors (Lipinski definition) is 3. The van der Waals surface area contributed by atoms with Crippen molar-refractivity contribution in [2.45, 2.75) is 4.90 Å². The molecule has 0 aliphatic carbocycles. The third-order valence-corrected chi connectivity index (χ3v) is 3.72. The second kappa shape index (κ2) is 6.21. The molecular weight excluding hydrogens is 301 g/mol. The quantitative estimate of drug-likeness (QED) is 0.714. The predicted octanol–water partition coefficient (Wildman–Crippen LogP) is 5.38. The fourth-order valence-corrected chi connectivity index (χ4v) is 2.53. The molecule has 0 amide bonds. The lowest BCUT2D eigenvalue weighted by Gasteiger charge is -2.09. The molecule has 0 aromatic heterocycles. The van der Waals surface area contributed by atoms with E-state index < -0.39 is 0 Å². The molecule has 0 saturated heterocycles. The maximum Gasteiger partial charge on any atom is 0.146 e. The first-order chi connectivity index (χ1) is 9.13. The number of nitriles is 1. The molecule has 0 N–H and O–H groups in total. The molecule has 0 aliphatic rings. The van der Waals surface area contributed by atoms with E-state index in [-0.39, 0.29) is 0 Å². The zero-order valence-electron chi connectivity index (χ0n) is 9.98. The minimum Gasteiger partial charge on any atom is -0.456 e. The Hall–Kier alpha value is -1.34. The Morgan fingerprint density at radius 2 is 1.95 bits per heavy atom. The second-order valence-corrected chi connectivity index (χ2v) is 5.34. The van der Waals surface area contributed by atoms with Crippen molar-refractivity contribution in [2.75, 3.05) is 6.26 Å². The molecule has 0 spiro atoms. The van der Waals surface area contributed by atoms with Crippen LogP contribution >= 0.6 is 35.0 Å². The van der Waals surface area contributed by atoms with Gasteiger partial charge < -0.3 is 4.74 Å². The minimum atomic E-state index is 0.447. The van der Waals surface area contributed by atoms with Gasteiger partial charge in [-0.05, 0) is 42.7 Å². The molecule has 0 aliphatic heterocycles. The third-order valence-electron chi connectivity index (χ3n) is 2.42. The molecule has 2 aromatic carbocycles. The molecule has 2 nitrogen and oxygen atoms in total. The lowest BCUT2D eigenvalue weighted by molar-refractivity contribution is 0.481. The normalized spacial score (nSPS) is 10.0. The Morgan fingerprint density at radius 3 is 2.58 bits per heavy atom. The van der Waals surface area contributed by atoms with Crippen LogP contribution in [0.25, 0.3) is 0 Å². The van der Waals surface area contributed by atoms with E-state index in [0.717, 1.165) is 4.90 Å². The van der Waals surface area contributed by atoms with E-state index in [4.69, 9.17) is 33.2 Å². The number of nitrogens with zero attached hydrogens (tertiary/aromatic N) is 1. The van der Waals surface area contributed by atoms with Crippen LogP contribution in [0.15, 0.2) is 41.3 Å². The maximum atomic E-state index is 8.96. The van der Waals surface area contributed by atoms with Crippen molar-refractivity contribution in [3.63, 3.8) is 0 Å². The van der Waals surface area contributed by atoms with Crippen LogP contribution in [0.1, 0.15) is 5.56 Å². The second-order valence-electron chi connectivity index (χ2n) is 3.65. The molecule has 0 radical (unpaired) electrons. The topological polar surface area (TPSA) is 33.0 Å². The molecule has 19 heavy (non-hydrogen) atoms. The third kappa shape index (κ3) is 3.36. The number of rotatable bonds is 3. The van der Waals surface area contributed by atoms with Crippen LogP contribution in [0, 0.1) is 11.3 Å². The zero-order valence-corrected chi connectivity index (χ0v) is 12.3. The summed E-state index contributed by atoms with van der Waals surface area (Å²) in [6, 6.07) is 12.5. The standard InChI is InChI=1S/C14H9Cl2NOS/c1-19-14-7-11(4-2-9(14)8-17)18-13-5-3-10(15)6-12(13)16/h2-7H,1H3. The van der Waals surface area contributed by atoms with E-state index in [1.54, 1.807) is 30.3 Å². The summed E-state index contributed by atoms with van der Waals surface area (Å²) in [7, 11) is 0. The van der Waals surface area contributed by atoms with Gasteiger partial charge in [-0.25, -0.2) is 0 Å². The van der Waals surface area contributed by atoms with Gasteiger partial charge in [0, 0.05) is 9.92 Å². The average Bonchev–Trinajstić information content (AvgIpc) is 2.41. The van der Waals surface area contributed by atoms with Gasteiger partial charge in [-0.3, -0.25) is 0 Å². The Balaban J connectivity index is 2.31. The summed E-state index contributed by atoms with van der Waals surface area (Å²) in [6.07, 6.45) is 1.91. The number of thioether (sulfide) groups is 1. The smallest absolute Gasteiger partial charge is 0.146 e. The van der Waals surface area contributed by atoms with E-state index in [9.17, 15) is 0 Å². The SMILES string of the molecule is CSc1cc(Oc2ccc(Cl)cc2Cl)ccc1C#N. The lowest BCUT2D eigenvalue weighted by Crippen LogP contribution is -1.88. The van der Waals surface area contributed by atoms with Gasteiger partial charge in [0.05, 0.1) is 10.6 Å². The number of benzene rings is 2. The van der Waals surface area contributed by atoms with Crippen LogP contribution in [0.4, 0.5) is 0 Å².